The lowest BCUT2D eigenvalue weighted by Gasteiger charge is -2.02. The fourth-order valence-corrected chi connectivity index (χ4v) is 2.35. The monoisotopic (exact) mass is 358 g/mol. The molecule has 0 aliphatic carbocycles. The van der Waals surface area contributed by atoms with Crippen molar-refractivity contribution in [2.45, 2.75) is 19.5 Å². The van der Waals surface area contributed by atoms with E-state index >= 15 is 0 Å². The van der Waals surface area contributed by atoms with Crippen LogP contribution >= 0.6 is 0 Å². The molecule has 26 heavy (non-hydrogen) atoms. The van der Waals surface area contributed by atoms with E-state index in [0.717, 1.165) is 5.56 Å². The Morgan fingerprint density at radius 1 is 1.31 bits per heavy atom. The van der Waals surface area contributed by atoms with Gasteiger partial charge in [0.15, 0.2) is 0 Å². The molecule has 0 saturated carbocycles. The quantitative estimate of drug-likeness (QED) is 0.514. The van der Waals surface area contributed by atoms with Gasteiger partial charge in [0.2, 0.25) is 5.91 Å². The van der Waals surface area contributed by atoms with E-state index in [1.54, 1.807) is 23.0 Å². The highest BCUT2D eigenvalue weighted by molar-refractivity contribution is 5.90. The summed E-state index contributed by atoms with van der Waals surface area (Å²) in [6, 6.07) is 7.47. The summed E-state index contributed by atoms with van der Waals surface area (Å²) in [6.07, 6.45) is 4.69. The minimum absolute atomic E-state index is 0.105. The first-order chi connectivity index (χ1) is 12.5. The van der Waals surface area contributed by atoms with Crippen LogP contribution in [0.15, 0.2) is 48.9 Å². The van der Waals surface area contributed by atoms with Crippen LogP contribution in [0.4, 0.5) is 15.9 Å². The van der Waals surface area contributed by atoms with Crippen molar-refractivity contribution in [1.29, 1.82) is 0 Å². The highest BCUT2D eigenvalue weighted by Crippen LogP contribution is 2.10. The molecule has 0 aliphatic heterocycles. The molecule has 0 radical (unpaired) electrons. The van der Waals surface area contributed by atoms with Crippen LogP contribution in [0, 0.1) is 15.9 Å². The number of anilines is 1. The zero-order valence-electron chi connectivity index (χ0n) is 13.6. The molecule has 3 aromatic rings. The Morgan fingerprint density at radius 3 is 2.88 bits per heavy atom. The third kappa shape index (κ3) is 4.50. The highest BCUT2D eigenvalue weighted by Gasteiger charge is 2.12. The third-order valence-electron chi connectivity index (χ3n) is 3.53. The summed E-state index contributed by atoms with van der Waals surface area (Å²) in [6.45, 7) is 0.599. The standard InChI is InChI=1S/C16H15FN6O3/c17-13-3-1-2-12(8-13)10-22-11-14(9-18-22)19-16(24)5-7-21-6-4-15(20-21)23(25)26/h1-4,6,8-9,11H,5,7,10H2,(H,19,24). The van der Waals surface area contributed by atoms with Crippen molar-refractivity contribution in [1.82, 2.24) is 19.6 Å². The molecule has 0 atom stereocenters. The van der Waals surface area contributed by atoms with E-state index < -0.39 is 4.92 Å². The second-order valence-corrected chi connectivity index (χ2v) is 5.55. The number of hydrogen-bond acceptors (Lipinski definition) is 5. The van der Waals surface area contributed by atoms with Crippen LogP contribution in [0.2, 0.25) is 0 Å². The van der Waals surface area contributed by atoms with Crippen molar-refractivity contribution >= 4 is 17.4 Å². The first-order valence-electron chi connectivity index (χ1n) is 7.74. The minimum Gasteiger partial charge on any atom is -0.358 e. The molecular weight excluding hydrogens is 343 g/mol. The third-order valence-corrected chi connectivity index (χ3v) is 3.53. The molecule has 3 rings (SSSR count). The minimum atomic E-state index is -0.594. The van der Waals surface area contributed by atoms with E-state index in [1.807, 2.05) is 0 Å². The molecular formula is C16H15FN6O3. The number of aryl methyl sites for hydroxylation is 1. The van der Waals surface area contributed by atoms with Crippen LogP contribution in [0.1, 0.15) is 12.0 Å². The molecule has 0 saturated heterocycles. The second kappa shape index (κ2) is 7.55. The number of hydrogen-bond donors (Lipinski definition) is 1. The lowest BCUT2D eigenvalue weighted by Crippen LogP contribution is -2.14. The number of nitrogens with one attached hydrogen (secondary N) is 1. The number of nitro groups is 1. The van der Waals surface area contributed by atoms with E-state index in [0.29, 0.717) is 12.2 Å². The smallest absolute Gasteiger partial charge is 0.358 e. The molecule has 1 aromatic carbocycles. The van der Waals surface area contributed by atoms with Gasteiger partial charge >= 0.3 is 5.82 Å². The number of aromatic nitrogens is 4. The van der Waals surface area contributed by atoms with E-state index in [9.17, 15) is 19.3 Å². The molecule has 134 valence electrons. The van der Waals surface area contributed by atoms with Gasteiger partial charge in [-0.3, -0.25) is 9.48 Å². The van der Waals surface area contributed by atoms with Crippen LogP contribution < -0.4 is 5.32 Å². The molecule has 1 N–H and O–H groups in total. The SMILES string of the molecule is O=C(CCn1ccc([N+](=O)[O-])n1)Nc1cnn(Cc2cccc(F)c2)c1. The summed E-state index contributed by atoms with van der Waals surface area (Å²) < 4.78 is 16.1. The summed E-state index contributed by atoms with van der Waals surface area (Å²) in [5.74, 6) is -0.848. The fourth-order valence-electron chi connectivity index (χ4n) is 2.35. The molecule has 0 unspecified atom stereocenters. The number of halogens is 1. The molecule has 2 heterocycles. The zero-order valence-corrected chi connectivity index (χ0v) is 13.6. The van der Waals surface area contributed by atoms with Crippen LogP contribution in [-0.4, -0.2) is 30.4 Å². The number of carbonyl (C=O) groups is 1. The molecule has 0 fully saturated rings. The van der Waals surface area contributed by atoms with Gasteiger partial charge in [-0.15, -0.1) is 0 Å². The predicted octanol–water partition coefficient (Wildman–Crippen LogP) is 2.20. The zero-order chi connectivity index (χ0) is 18.5. The van der Waals surface area contributed by atoms with Gasteiger partial charge in [-0.25, -0.2) is 4.39 Å². The number of benzene rings is 1. The maximum Gasteiger partial charge on any atom is 0.389 e. The largest absolute Gasteiger partial charge is 0.389 e. The van der Waals surface area contributed by atoms with Gasteiger partial charge in [0, 0.05) is 12.6 Å². The Morgan fingerprint density at radius 2 is 2.15 bits per heavy atom. The maximum absolute atomic E-state index is 13.2. The Hall–Kier alpha value is -3.56. The van der Waals surface area contributed by atoms with Crippen molar-refractivity contribution in [3.05, 3.63) is 70.4 Å². The average molecular weight is 358 g/mol. The first-order valence-corrected chi connectivity index (χ1v) is 7.74. The average Bonchev–Trinajstić information content (AvgIpc) is 3.23. The summed E-state index contributed by atoms with van der Waals surface area (Å²) in [5, 5.41) is 21.1. The van der Waals surface area contributed by atoms with Crippen LogP contribution in [0.3, 0.4) is 0 Å². The van der Waals surface area contributed by atoms with Crippen molar-refractivity contribution in [3.63, 3.8) is 0 Å². The van der Waals surface area contributed by atoms with Crippen LogP contribution in [0.25, 0.3) is 0 Å². The number of rotatable bonds is 7. The van der Waals surface area contributed by atoms with E-state index in [1.165, 1.54) is 35.3 Å². The molecule has 9 nitrogen and oxygen atoms in total. The van der Waals surface area contributed by atoms with E-state index in [-0.39, 0.29) is 30.5 Å². The van der Waals surface area contributed by atoms with Crippen molar-refractivity contribution in [2.75, 3.05) is 5.32 Å². The van der Waals surface area contributed by atoms with Gasteiger partial charge in [0.25, 0.3) is 0 Å². The maximum atomic E-state index is 13.2. The number of nitrogens with zero attached hydrogens (tertiary/aromatic N) is 5. The van der Waals surface area contributed by atoms with Gasteiger partial charge < -0.3 is 15.4 Å². The summed E-state index contributed by atoms with van der Waals surface area (Å²) in [4.78, 5) is 21.9. The number of amides is 1. The topological polar surface area (TPSA) is 108 Å². The van der Waals surface area contributed by atoms with Gasteiger partial charge in [-0.1, -0.05) is 12.1 Å². The molecule has 1 amide bonds. The van der Waals surface area contributed by atoms with Gasteiger partial charge in [-0.05, 0) is 22.6 Å². The number of carbonyl (C=O) groups excluding carboxylic acids is 1. The molecule has 0 spiro atoms. The Balaban J connectivity index is 1.51. The first kappa shape index (κ1) is 17.3. The van der Waals surface area contributed by atoms with Crippen molar-refractivity contribution < 1.29 is 14.1 Å². The fraction of sp³-hybridized carbons (Fsp3) is 0.188. The van der Waals surface area contributed by atoms with E-state index in [2.05, 4.69) is 15.5 Å². The molecule has 2 aromatic heterocycles. The predicted molar refractivity (Wildman–Crippen MR) is 89.9 cm³/mol. The lowest BCUT2D eigenvalue weighted by molar-refractivity contribution is -0.389. The van der Waals surface area contributed by atoms with Crippen molar-refractivity contribution in [2.24, 2.45) is 0 Å². The summed E-state index contributed by atoms with van der Waals surface area (Å²) in [7, 11) is 0. The summed E-state index contributed by atoms with van der Waals surface area (Å²) >= 11 is 0. The molecule has 0 bridgehead atoms. The Bertz CT molecular complexity index is 935. The van der Waals surface area contributed by atoms with Gasteiger partial charge in [0.1, 0.15) is 5.82 Å². The van der Waals surface area contributed by atoms with Crippen LogP contribution in [-0.2, 0) is 17.9 Å². The second-order valence-electron chi connectivity index (χ2n) is 5.55. The Kier molecular flexibility index (Phi) is 5.02. The summed E-state index contributed by atoms with van der Waals surface area (Å²) in [5.41, 5.74) is 1.27. The highest BCUT2D eigenvalue weighted by atomic mass is 19.1. The normalized spacial score (nSPS) is 10.7. The van der Waals surface area contributed by atoms with E-state index in [4.69, 9.17) is 0 Å². The van der Waals surface area contributed by atoms with Gasteiger partial charge in [0.05, 0.1) is 42.3 Å². The Labute approximate surface area is 147 Å². The van der Waals surface area contributed by atoms with Crippen molar-refractivity contribution in [3.8, 4) is 0 Å². The molecule has 10 heteroatoms. The van der Waals surface area contributed by atoms with Crippen LogP contribution in [0.5, 0.6) is 0 Å². The molecule has 0 aliphatic rings. The lowest BCUT2D eigenvalue weighted by atomic mass is 10.2. The van der Waals surface area contributed by atoms with Gasteiger partial charge in [-0.2, -0.15) is 9.78 Å².